The van der Waals surface area contributed by atoms with E-state index in [1.54, 1.807) is 11.8 Å². The largest absolute Gasteiger partial charge is 0.459 e. The first-order valence-corrected chi connectivity index (χ1v) is 6.76. The average molecular weight is 252 g/mol. The van der Waals surface area contributed by atoms with Gasteiger partial charge in [0.1, 0.15) is 0 Å². The van der Waals surface area contributed by atoms with Gasteiger partial charge in [0.15, 0.2) is 0 Å². The maximum absolute atomic E-state index is 12.0. The maximum Gasteiger partial charge on any atom is 0.339 e. The van der Waals surface area contributed by atoms with Crippen LogP contribution >= 0.6 is 11.8 Å². The van der Waals surface area contributed by atoms with E-state index in [1.165, 1.54) is 0 Å². The van der Waals surface area contributed by atoms with E-state index in [4.69, 9.17) is 4.74 Å². The lowest BCUT2D eigenvalue weighted by Gasteiger charge is -2.13. The Morgan fingerprint density at radius 1 is 1.24 bits per heavy atom. The third-order valence-corrected chi connectivity index (χ3v) is 3.14. The molecule has 2 nitrogen and oxygen atoms in total. The van der Waals surface area contributed by atoms with E-state index in [0.717, 1.165) is 10.5 Å². The van der Waals surface area contributed by atoms with Crippen molar-refractivity contribution in [3.05, 3.63) is 29.3 Å². The van der Waals surface area contributed by atoms with Crippen LogP contribution in [-0.4, -0.2) is 17.3 Å². The Kier molecular flexibility index (Phi) is 5.06. The van der Waals surface area contributed by atoms with Crippen LogP contribution in [0, 0.1) is 6.92 Å². The Hall–Kier alpha value is -0.960. The number of ether oxygens (including phenoxy) is 1. The van der Waals surface area contributed by atoms with Gasteiger partial charge in [0.05, 0.1) is 11.7 Å². The zero-order valence-electron chi connectivity index (χ0n) is 11.1. The molecule has 0 aliphatic carbocycles. The molecular formula is C14H20O2S. The van der Waals surface area contributed by atoms with Gasteiger partial charge in [-0.15, -0.1) is 11.8 Å². The molecule has 0 saturated heterocycles. The fourth-order valence-corrected chi connectivity index (χ4v) is 2.36. The highest BCUT2D eigenvalue weighted by Crippen LogP contribution is 2.28. The summed E-state index contributed by atoms with van der Waals surface area (Å²) < 4.78 is 5.26. The van der Waals surface area contributed by atoms with Crippen molar-refractivity contribution in [2.45, 2.75) is 50.9 Å². The molecule has 0 aliphatic rings. The number of esters is 1. The lowest BCUT2D eigenvalue weighted by molar-refractivity contribution is 0.0373. The molecule has 3 heteroatoms. The third-order valence-electron chi connectivity index (χ3n) is 2.06. The molecule has 17 heavy (non-hydrogen) atoms. The zero-order chi connectivity index (χ0) is 13.0. The van der Waals surface area contributed by atoms with Gasteiger partial charge in [-0.05, 0) is 32.9 Å². The van der Waals surface area contributed by atoms with E-state index in [9.17, 15) is 4.79 Å². The molecule has 0 saturated carbocycles. The summed E-state index contributed by atoms with van der Waals surface area (Å²) in [6, 6.07) is 5.92. The van der Waals surface area contributed by atoms with Crippen LogP contribution in [0.25, 0.3) is 0 Å². The molecule has 0 radical (unpaired) electrons. The molecule has 0 aromatic heterocycles. The molecule has 0 heterocycles. The number of hydrogen-bond acceptors (Lipinski definition) is 3. The summed E-state index contributed by atoms with van der Waals surface area (Å²) in [5, 5.41) is 0.448. The van der Waals surface area contributed by atoms with Crippen molar-refractivity contribution in [1.82, 2.24) is 0 Å². The molecule has 1 rings (SSSR count). The molecule has 0 fully saturated rings. The minimum atomic E-state index is -0.230. The first-order valence-electron chi connectivity index (χ1n) is 5.88. The Morgan fingerprint density at radius 2 is 1.88 bits per heavy atom. The molecule has 94 valence electrons. The Morgan fingerprint density at radius 3 is 2.41 bits per heavy atom. The Bertz CT molecular complexity index is 397. The van der Waals surface area contributed by atoms with Crippen LogP contribution in [0.15, 0.2) is 23.1 Å². The molecule has 1 aromatic carbocycles. The normalized spacial score (nSPS) is 11.0. The second-order valence-electron chi connectivity index (χ2n) is 4.62. The molecule has 0 unspecified atom stereocenters. The van der Waals surface area contributed by atoms with E-state index in [2.05, 4.69) is 13.8 Å². The minimum Gasteiger partial charge on any atom is -0.459 e. The summed E-state index contributed by atoms with van der Waals surface area (Å²) in [4.78, 5) is 13.0. The summed E-state index contributed by atoms with van der Waals surface area (Å²) in [6.07, 6.45) is -0.0834. The highest BCUT2D eigenvalue weighted by Gasteiger charge is 2.15. The van der Waals surface area contributed by atoms with Gasteiger partial charge >= 0.3 is 5.97 Å². The van der Waals surface area contributed by atoms with Crippen molar-refractivity contribution in [2.75, 3.05) is 0 Å². The van der Waals surface area contributed by atoms with Crippen LogP contribution in [0.4, 0.5) is 0 Å². The van der Waals surface area contributed by atoms with E-state index < -0.39 is 0 Å². The summed E-state index contributed by atoms with van der Waals surface area (Å²) in [5.74, 6) is -0.230. The predicted octanol–water partition coefficient (Wildman–Crippen LogP) is 4.06. The van der Waals surface area contributed by atoms with Crippen molar-refractivity contribution < 1.29 is 9.53 Å². The van der Waals surface area contributed by atoms with E-state index in [1.807, 2.05) is 39.0 Å². The van der Waals surface area contributed by atoms with Gasteiger partial charge < -0.3 is 4.74 Å². The van der Waals surface area contributed by atoms with Gasteiger partial charge in [-0.2, -0.15) is 0 Å². The Labute approximate surface area is 108 Å². The molecule has 0 aliphatic heterocycles. The molecule has 0 spiro atoms. The topological polar surface area (TPSA) is 26.3 Å². The van der Waals surface area contributed by atoms with Crippen molar-refractivity contribution in [1.29, 1.82) is 0 Å². The highest BCUT2D eigenvalue weighted by atomic mass is 32.2. The van der Waals surface area contributed by atoms with Gasteiger partial charge in [-0.1, -0.05) is 25.5 Å². The number of aryl methyl sites for hydroxylation is 1. The van der Waals surface area contributed by atoms with Crippen molar-refractivity contribution in [2.24, 2.45) is 0 Å². The van der Waals surface area contributed by atoms with E-state index >= 15 is 0 Å². The number of rotatable bonds is 4. The van der Waals surface area contributed by atoms with Crippen LogP contribution in [0.2, 0.25) is 0 Å². The predicted molar refractivity (Wildman–Crippen MR) is 72.7 cm³/mol. The standard InChI is InChI=1S/C14H20O2S/c1-9(2)16-14(15)12-8-11(5)6-7-13(12)17-10(3)4/h6-10H,1-5H3. The second-order valence-corrected chi connectivity index (χ2v) is 6.24. The number of thioether (sulfide) groups is 1. The van der Waals surface area contributed by atoms with E-state index in [-0.39, 0.29) is 12.1 Å². The fraction of sp³-hybridized carbons (Fsp3) is 0.500. The minimum absolute atomic E-state index is 0.0834. The first kappa shape index (κ1) is 14.1. The fourth-order valence-electron chi connectivity index (χ4n) is 1.44. The highest BCUT2D eigenvalue weighted by molar-refractivity contribution is 8.00. The van der Waals surface area contributed by atoms with Crippen LogP contribution in [0.5, 0.6) is 0 Å². The van der Waals surface area contributed by atoms with Crippen molar-refractivity contribution in [3.8, 4) is 0 Å². The van der Waals surface area contributed by atoms with Crippen LogP contribution in [0.3, 0.4) is 0 Å². The van der Waals surface area contributed by atoms with Crippen molar-refractivity contribution in [3.63, 3.8) is 0 Å². The summed E-state index contributed by atoms with van der Waals surface area (Å²) in [6.45, 7) is 9.94. The average Bonchev–Trinajstić information content (AvgIpc) is 2.19. The van der Waals surface area contributed by atoms with Gasteiger partial charge in [0, 0.05) is 10.1 Å². The SMILES string of the molecule is Cc1ccc(SC(C)C)c(C(=O)OC(C)C)c1. The molecule has 0 N–H and O–H groups in total. The van der Waals surface area contributed by atoms with Crippen LogP contribution in [0.1, 0.15) is 43.6 Å². The third kappa shape index (κ3) is 4.43. The molecule has 0 amide bonds. The molecule has 0 bridgehead atoms. The smallest absolute Gasteiger partial charge is 0.339 e. The molecule has 1 aromatic rings. The van der Waals surface area contributed by atoms with Crippen LogP contribution in [-0.2, 0) is 4.74 Å². The number of benzene rings is 1. The number of hydrogen-bond donors (Lipinski definition) is 0. The first-order chi connectivity index (χ1) is 7.90. The van der Waals surface area contributed by atoms with Gasteiger partial charge in [0.25, 0.3) is 0 Å². The molecule has 0 atom stereocenters. The van der Waals surface area contributed by atoms with Crippen LogP contribution < -0.4 is 0 Å². The monoisotopic (exact) mass is 252 g/mol. The van der Waals surface area contributed by atoms with Gasteiger partial charge in [-0.3, -0.25) is 0 Å². The maximum atomic E-state index is 12.0. The molecular weight excluding hydrogens is 232 g/mol. The second kappa shape index (κ2) is 6.10. The quantitative estimate of drug-likeness (QED) is 0.597. The van der Waals surface area contributed by atoms with Gasteiger partial charge in [0.2, 0.25) is 0 Å². The Balaban J connectivity index is 3.02. The van der Waals surface area contributed by atoms with E-state index in [0.29, 0.717) is 10.8 Å². The van der Waals surface area contributed by atoms with Crippen molar-refractivity contribution >= 4 is 17.7 Å². The lowest BCUT2D eigenvalue weighted by atomic mass is 10.1. The number of carbonyl (C=O) groups excluding carboxylic acids is 1. The number of carbonyl (C=O) groups is 1. The lowest BCUT2D eigenvalue weighted by Crippen LogP contribution is -2.13. The summed E-state index contributed by atoms with van der Waals surface area (Å²) in [5.41, 5.74) is 1.76. The summed E-state index contributed by atoms with van der Waals surface area (Å²) in [7, 11) is 0. The summed E-state index contributed by atoms with van der Waals surface area (Å²) >= 11 is 1.69. The van der Waals surface area contributed by atoms with Gasteiger partial charge in [-0.25, -0.2) is 4.79 Å². The zero-order valence-corrected chi connectivity index (χ0v) is 11.9.